The van der Waals surface area contributed by atoms with Crippen LogP contribution < -0.4 is 5.32 Å². The summed E-state index contributed by atoms with van der Waals surface area (Å²) in [5, 5.41) is 22.6. The molecule has 1 aliphatic heterocycles. The first kappa shape index (κ1) is 14.0. The molecule has 104 valence electrons. The number of carboxylic acid groups (broad SMARTS) is 1. The summed E-state index contributed by atoms with van der Waals surface area (Å²) >= 11 is 0. The number of hydrogen-bond acceptors (Lipinski definition) is 4. The van der Waals surface area contributed by atoms with Gasteiger partial charge in [-0.25, -0.2) is 0 Å². The van der Waals surface area contributed by atoms with Gasteiger partial charge in [0.05, 0.1) is 6.10 Å². The summed E-state index contributed by atoms with van der Waals surface area (Å²) in [7, 11) is 0. The molecule has 3 N–H and O–H groups in total. The smallest absolute Gasteiger partial charge is 0.325 e. The first-order chi connectivity index (χ1) is 9.03. The van der Waals surface area contributed by atoms with Crippen molar-refractivity contribution < 1.29 is 19.7 Å². The van der Waals surface area contributed by atoms with Gasteiger partial charge in [0.15, 0.2) is 0 Å². The Labute approximate surface area is 112 Å². The molecule has 0 spiro atoms. The van der Waals surface area contributed by atoms with Crippen LogP contribution >= 0.6 is 0 Å². The molecule has 2 rings (SSSR count). The van der Waals surface area contributed by atoms with Gasteiger partial charge in [-0.05, 0) is 12.5 Å². The summed E-state index contributed by atoms with van der Waals surface area (Å²) in [4.78, 5) is 11.3. The molecule has 1 saturated heterocycles. The summed E-state index contributed by atoms with van der Waals surface area (Å²) in [5.41, 5.74) is -0.326. The molecular formula is C14H19NO4. The van der Waals surface area contributed by atoms with Crippen LogP contribution in [0, 0.1) is 0 Å². The number of carboxylic acids is 1. The molecule has 5 heteroatoms. The number of carbonyl (C=O) groups is 1. The summed E-state index contributed by atoms with van der Waals surface area (Å²) in [5.74, 6) is -0.957. The quantitative estimate of drug-likeness (QED) is 0.738. The van der Waals surface area contributed by atoms with E-state index in [1.807, 2.05) is 6.07 Å². The van der Waals surface area contributed by atoms with Crippen LogP contribution in [0.4, 0.5) is 0 Å². The molecule has 0 aromatic heterocycles. The highest BCUT2D eigenvalue weighted by molar-refractivity contribution is 5.75. The lowest BCUT2D eigenvalue weighted by atomic mass is 9.95. The lowest BCUT2D eigenvalue weighted by molar-refractivity contribution is -0.140. The highest BCUT2D eigenvalue weighted by Gasteiger charge is 2.40. The molecule has 1 aromatic carbocycles. The maximum absolute atomic E-state index is 11.3. The Morgan fingerprint density at radius 1 is 1.53 bits per heavy atom. The van der Waals surface area contributed by atoms with E-state index in [0.29, 0.717) is 18.6 Å². The number of hydrogen-bond donors (Lipinski definition) is 3. The van der Waals surface area contributed by atoms with Crippen LogP contribution in [0.25, 0.3) is 0 Å². The zero-order chi connectivity index (χ0) is 13.9. The van der Waals surface area contributed by atoms with E-state index in [1.54, 1.807) is 31.2 Å². The fraction of sp³-hybridized carbons (Fsp3) is 0.500. The third kappa shape index (κ3) is 3.12. The number of aliphatic carboxylic acids is 1. The fourth-order valence-electron chi connectivity index (χ4n) is 2.27. The third-order valence-electron chi connectivity index (χ3n) is 3.65. The van der Waals surface area contributed by atoms with Gasteiger partial charge in [0.25, 0.3) is 0 Å². The van der Waals surface area contributed by atoms with E-state index < -0.39 is 17.6 Å². The zero-order valence-electron chi connectivity index (χ0n) is 10.9. The predicted octanol–water partition coefficient (Wildman–Crippen LogP) is 0.942. The Morgan fingerprint density at radius 2 is 2.21 bits per heavy atom. The molecule has 0 saturated carbocycles. The van der Waals surface area contributed by atoms with E-state index in [0.717, 1.165) is 0 Å². The minimum atomic E-state index is -0.998. The average molecular weight is 265 g/mol. The third-order valence-corrected chi connectivity index (χ3v) is 3.65. The van der Waals surface area contributed by atoms with Crippen molar-refractivity contribution in [3.05, 3.63) is 35.9 Å². The number of aliphatic hydroxyl groups is 1. The van der Waals surface area contributed by atoms with Gasteiger partial charge in [-0.15, -0.1) is 0 Å². The number of ether oxygens (including phenoxy) is 1. The van der Waals surface area contributed by atoms with E-state index in [9.17, 15) is 15.0 Å². The Morgan fingerprint density at radius 3 is 2.74 bits per heavy atom. The van der Waals surface area contributed by atoms with Gasteiger partial charge in [-0.3, -0.25) is 10.1 Å². The van der Waals surface area contributed by atoms with E-state index in [2.05, 4.69) is 5.32 Å². The molecule has 1 fully saturated rings. The van der Waals surface area contributed by atoms with E-state index in [1.165, 1.54) is 0 Å². The van der Waals surface area contributed by atoms with Gasteiger partial charge in [-0.2, -0.15) is 0 Å². The van der Waals surface area contributed by atoms with Crippen molar-refractivity contribution in [1.29, 1.82) is 0 Å². The van der Waals surface area contributed by atoms with Crippen LogP contribution in [0.3, 0.4) is 0 Å². The van der Waals surface area contributed by atoms with Gasteiger partial charge in [0.2, 0.25) is 0 Å². The van der Waals surface area contributed by atoms with Crippen molar-refractivity contribution in [3.8, 4) is 0 Å². The molecule has 0 radical (unpaired) electrons. The van der Waals surface area contributed by atoms with Crippen LogP contribution in [0.1, 0.15) is 24.9 Å². The van der Waals surface area contributed by atoms with Crippen LogP contribution in [0.2, 0.25) is 0 Å². The minimum absolute atomic E-state index is 0.194. The van der Waals surface area contributed by atoms with Crippen molar-refractivity contribution >= 4 is 5.97 Å². The highest BCUT2D eigenvalue weighted by atomic mass is 16.5. The van der Waals surface area contributed by atoms with Crippen molar-refractivity contribution in [3.63, 3.8) is 0 Å². The second-order valence-corrected chi connectivity index (χ2v) is 4.93. The molecule has 0 amide bonds. The Bertz CT molecular complexity index is 436. The Balaban J connectivity index is 2.04. The first-order valence-corrected chi connectivity index (χ1v) is 6.38. The van der Waals surface area contributed by atoms with Crippen LogP contribution in [0.15, 0.2) is 30.3 Å². The molecule has 1 aromatic rings. The zero-order valence-corrected chi connectivity index (χ0v) is 10.9. The SMILES string of the molecule is CC1OCCC1(O)CNC(C(=O)O)c1ccccc1. The second kappa shape index (κ2) is 5.69. The summed E-state index contributed by atoms with van der Waals surface area (Å²) in [6.45, 7) is 2.50. The second-order valence-electron chi connectivity index (χ2n) is 4.93. The lowest BCUT2D eigenvalue weighted by Crippen LogP contribution is -2.47. The molecule has 3 unspecified atom stereocenters. The van der Waals surface area contributed by atoms with E-state index >= 15 is 0 Å². The maximum atomic E-state index is 11.3. The first-order valence-electron chi connectivity index (χ1n) is 6.38. The molecule has 1 heterocycles. The molecule has 0 aliphatic carbocycles. The topological polar surface area (TPSA) is 78.8 Å². The molecular weight excluding hydrogens is 246 g/mol. The van der Waals surface area contributed by atoms with Gasteiger partial charge < -0.3 is 14.9 Å². The monoisotopic (exact) mass is 265 g/mol. The van der Waals surface area contributed by atoms with E-state index in [4.69, 9.17) is 4.74 Å². The lowest BCUT2D eigenvalue weighted by Gasteiger charge is -2.28. The normalized spacial score (nSPS) is 28.2. The molecule has 1 aliphatic rings. The number of rotatable bonds is 5. The highest BCUT2D eigenvalue weighted by Crippen LogP contribution is 2.26. The largest absolute Gasteiger partial charge is 0.480 e. The summed E-state index contributed by atoms with van der Waals surface area (Å²) < 4.78 is 5.33. The van der Waals surface area contributed by atoms with Gasteiger partial charge in [0.1, 0.15) is 11.6 Å². The maximum Gasteiger partial charge on any atom is 0.325 e. The van der Waals surface area contributed by atoms with Crippen molar-refractivity contribution in [2.24, 2.45) is 0 Å². The average Bonchev–Trinajstić information content (AvgIpc) is 2.71. The Hall–Kier alpha value is -1.43. The molecule has 5 nitrogen and oxygen atoms in total. The van der Waals surface area contributed by atoms with Crippen LogP contribution in [-0.4, -0.2) is 41.0 Å². The minimum Gasteiger partial charge on any atom is -0.480 e. The van der Waals surface area contributed by atoms with Crippen molar-refractivity contribution in [1.82, 2.24) is 5.32 Å². The van der Waals surface area contributed by atoms with Crippen molar-refractivity contribution in [2.45, 2.75) is 31.1 Å². The van der Waals surface area contributed by atoms with E-state index in [-0.39, 0.29) is 12.6 Å². The molecule has 19 heavy (non-hydrogen) atoms. The number of benzene rings is 1. The molecule has 3 atom stereocenters. The van der Waals surface area contributed by atoms with Gasteiger partial charge in [-0.1, -0.05) is 30.3 Å². The summed E-state index contributed by atoms with van der Waals surface area (Å²) in [6, 6.07) is 8.11. The van der Waals surface area contributed by atoms with Gasteiger partial charge in [0, 0.05) is 19.6 Å². The number of nitrogens with one attached hydrogen (secondary N) is 1. The van der Waals surface area contributed by atoms with Crippen molar-refractivity contribution in [2.75, 3.05) is 13.2 Å². The summed E-state index contributed by atoms with van der Waals surface area (Å²) in [6.07, 6.45) is 0.229. The Kier molecular flexibility index (Phi) is 4.19. The standard InChI is InChI=1S/C14H19NO4/c1-10-14(18,7-8-19-10)9-15-12(13(16)17)11-5-3-2-4-6-11/h2-6,10,12,15,18H,7-9H2,1H3,(H,16,17). The molecule has 0 bridgehead atoms. The van der Waals surface area contributed by atoms with Crippen LogP contribution in [0.5, 0.6) is 0 Å². The van der Waals surface area contributed by atoms with Gasteiger partial charge >= 0.3 is 5.97 Å². The fourth-order valence-corrected chi connectivity index (χ4v) is 2.27. The van der Waals surface area contributed by atoms with Crippen LogP contribution in [-0.2, 0) is 9.53 Å². The predicted molar refractivity (Wildman–Crippen MR) is 69.8 cm³/mol.